The van der Waals surface area contributed by atoms with Crippen LogP contribution in [0.4, 0.5) is 0 Å². The normalized spacial score (nSPS) is 21.4. The summed E-state index contributed by atoms with van der Waals surface area (Å²) in [7, 11) is 0. The second kappa shape index (κ2) is 4.99. The van der Waals surface area contributed by atoms with Crippen LogP contribution in [0.3, 0.4) is 0 Å². The topological polar surface area (TPSA) is 23.6 Å². The van der Waals surface area contributed by atoms with Gasteiger partial charge < -0.3 is 4.90 Å². The summed E-state index contributed by atoms with van der Waals surface area (Å²) in [4.78, 5) is 15.8. The van der Waals surface area contributed by atoms with Crippen LogP contribution in [-0.4, -0.2) is 53.3 Å². The molecule has 0 aromatic carbocycles. The Morgan fingerprint density at radius 1 is 1.14 bits per heavy atom. The van der Waals surface area contributed by atoms with Crippen LogP contribution in [0.2, 0.25) is 0 Å². The van der Waals surface area contributed by atoms with Crippen molar-refractivity contribution in [1.29, 1.82) is 0 Å². The molecule has 1 fully saturated rings. The van der Waals surface area contributed by atoms with E-state index in [1.54, 1.807) is 6.92 Å². The molecule has 0 spiro atoms. The second-order valence-corrected chi connectivity index (χ2v) is 4.73. The van der Waals surface area contributed by atoms with Crippen molar-refractivity contribution in [1.82, 2.24) is 9.80 Å². The summed E-state index contributed by atoms with van der Waals surface area (Å²) in [5.74, 6) is 0.0649. The summed E-state index contributed by atoms with van der Waals surface area (Å²) in [5, 5.41) is -0.388. The zero-order valence-corrected chi connectivity index (χ0v) is 9.92. The number of amides is 1. The number of hydrogen-bond acceptors (Lipinski definition) is 2. The fourth-order valence-corrected chi connectivity index (χ4v) is 1.85. The molecule has 82 valence electrons. The van der Waals surface area contributed by atoms with Crippen LogP contribution in [0.15, 0.2) is 0 Å². The molecule has 0 N–H and O–H groups in total. The number of hydrogen-bond donors (Lipinski definition) is 0. The Bertz CT molecular complexity index is 198. The Hall–Kier alpha value is -0.280. The molecule has 14 heavy (non-hydrogen) atoms. The highest BCUT2D eigenvalue weighted by atomic mass is 35.5. The predicted octanol–water partition coefficient (Wildman–Crippen LogP) is 1.17. The van der Waals surface area contributed by atoms with Crippen LogP contribution in [0.1, 0.15) is 20.8 Å². The van der Waals surface area contributed by atoms with Gasteiger partial charge in [0.1, 0.15) is 5.38 Å². The van der Waals surface area contributed by atoms with Crippen molar-refractivity contribution in [2.75, 3.05) is 26.2 Å². The van der Waals surface area contributed by atoms with Gasteiger partial charge in [-0.05, 0) is 20.8 Å². The highest BCUT2D eigenvalue weighted by Crippen LogP contribution is 2.08. The van der Waals surface area contributed by atoms with Crippen LogP contribution in [0.5, 0.6) is 0 Å². The van der Waals surface area contributed by atoms with E-state index in [1.807, 2.05) is 4.90 Å². The number of nitrogens with zero attached hydrogens (tertiary/aromatic N) is 2. The van der Waals surface area contributed by atoms with Crippen LogP contribution >= 0.6 is 11.6 Å². The molecule has 1 heterocycles. The van der Waals surface area contributed by atoms with E-state index in [0.717, 1.165) is 26.2 Å². The molecular weight excluding hydrogens is 200 g/mol. The number of piperazine rings is 1. The van der Waals surface area contributed by atoms with Crippen molar-refractivity contribution >= 4 is 17.5 Å². The molecule has 0 aromatic heterocycles. The molecule has 1 aliphatic rings. The largest absolute Gasteiger partial charge is 0.339 e. The number of rotatable bonds is 2. The summed E-state index contributed by atoms with van der Waals surface area (Å²) in [6.45, 7) is 9.66. The standard InChI is InChI=1S/C10H19ClN2O/c1-8(2)12-4-6-13(7-5-12)10(14)9(3)11/h8-9H,4-7H2,1-3H3/t9-/m1/s1. The summed E-state index contributed by atoms with van der Waals surface area (Å²) in [6.07, 6.45) is 0. The minimum absolute atomic E-state index is 0.0649. The molecule has 0 aliphatic carbocycles. The van der Waals surface area contributed by atoms with Gasteiger partial charge in [-0.25, -0.2) is 0 Å². The molecule has 0 saturated carbocycles. The molecule has 1 atom stereocenters. The van der Waals surface area contributed by atoms with Gasteiger partial charge >= 0.3 is 0 Å². The average molecular weight is 219 g/mol. The van der Waals surface area contributed by atoms with E-state index in [-0.39, 0.29) is 11.3 Å². The minimum atomic E-state index is -0.388. The molecule has 0 radical (unpaired) electrons. The third-order valence-electron chi connectivity index (χ3n) is 2.70. The van der Waals surface area contributed by atoms with E-state index in [2.05, 4.69) is 18.7 Å². The first-order valence-corrected chi connectivity index (χ1v) is 5.63. The van der Waals surface area contributed by atoms with Gasteiger partial charge in [0.15, 0.2) is 0 Å². The molecule has 0 bridgehead atoms. The predicted molar refractivity (Wildman–Crippen MR) is 58.6 cm³/mol. The Morgan fingerprint density at radius 2 is 1.64 bits per heavy atom. The van der Waals surface area contributed by atoms with Crippen molar-refractivity contribution < 1.29 is 4.79 Å². The summed E-state index contributed by atoms with van der Waals surface area (Å²) in [6, 6.07) is 0.570. The van der Waals surface area contributed by atoms with Crippen molar-refractivity contribution in [3.05, 3.63) is 0 Å². The van der Waals surface area contributed by atoms with E-state index >= 15 is 0 Å². The summed E-state index contributed by atoms with van der Waals surface area (Å²) < 4.78 is 0. The zero-order chi connectivity index (χ0) is 10.7. The summed E-state index contributed by atoms with van der Waals surface area (Å²) in [5.41, 5.74) is 0. The fraction of sp³-hybridized carbons (Fsp3) is 0.900. The molecule has 3 nitrogen and oxygen atoms in total. The lowest BCUT2D eigenvalue weighted by molar-refractivity contribution is -0.132. The molecular formula is C10H19ClN2O. The van der Waals surface area contributed by atoms with Gasteiger partial charge in [0.05, 0.1) is 0 Å². The number of carbonyl (C=O) groups is 1. The first-order chi connectivity index (χ1) is 6.52. The third kappa shape index (κ3) is 2.85. The number of alkyl halides is 1. The van der Waals surface area contributed by atoms with Crippen LogP contribution in [-0.2, 0) is 4.79 Å². The molecule has 0 unspecified atom stereocenters. The van der Waals surface area contributed by atoms with Crippen LogP contribution in [0.25, 0.3) is 0 Å². The second-order valence-electron chi connectivity index (χ2n) is 4.07. The van der Waals surface area contributed by atoms with E-state index in [9.17, 15) is 4.79 Å². The zero-order valence-electron chi connectivity index (χ0n) is 9.16. The van der Waals surface area contributed by atoms with Gasteiger partial charge in [-0.15, -0.1) is 11.6 Å². The van der Waals surface area contributed by atoms with Crippen molar-refractivity contribution in [3.8, 4) is 0 Å². The van der Waals surface area contributed by atoms with E-state index in [0.29, 0.717) is 6.04 Å². The highest BCUT2D eigenvalue weighted by Gasteiger charge is 2.24. The summed E-state index contributed by atoms with van der Waals surface area (Å²) >= 11 is 5.76. The van der Waals surface area contributed by atoms with Gasteiger partial charge in [-0.3, -0.25) is 9.69 Å². The van der Waals surface area contributed by atoms with Crippen LogP contribution in [0, 0.1) is 0 Å². The van der Waals surface area contributed by atoms with Crippen molar-refractivity contribution in [2.24, 2.45) is 0 Å². The smallest absolute Gasteiger partial charge is 0.240 e. The number of carbonyl (C=O) groups excluding carboxylic acids is 1. The van der Waals surface area contributed by atoms with Gasteiger partial charge in [-0.1, -0.05) is 0 Å². The lowest BCUT2D eigenvalue weighted by Crippen LogP contribution is -2.52. The maximum Gasteiger partial charge on any atom is 0.240 e. The first kappa shape index (κ1) is 11.8. The van der Waals surface area contributed by atoms with E-state index < -0.39 is 0 Å². The third-order valence-corrected chi connectivity index (χ3v) is 2.88. The number of halogens is 1. The maximum absolute atomic E-state index is 11.5. The molecule has 1 amide bonds. The molecule has 1 aliphatic heterocycles. The van der Waals surface area contributed by atoms with Crippen molar-refractivity contribution in [3.63, 3.8) is 0 Å². The highest BCUT2D eigenvalue weighted by molar-refractivity contribution is 6.30. The molecule has 1 saturated heterocycles. The van der Waals surface area contributed by atoms with E-state index in [1.165, 1.54) is 0 Å². The van der Waals surface area contributed by atoms with Crippen molar-refractivity contribution in [2.45, 2.75) is 32.2 Å². The minimum Gasteiger partial charge on any atom is -0.339 e. The van der Waals surface area contributed by atoms with Gasteiger partial charge in [-0.2, -0.15) is 0 Å². The Morgan fingerprint density at radius 3 is 2.00 bits per heavy atom. The quantitative estimate of drug-likeness (QED) is 0.650. The van der Waals surface area contributed by atoms with Gasteiger partial charge in [0.2, 0.25) is 5.91 Å². The Balaban J connectivity index is 2.39. The van der Waals surface area contributed by atoms with Gasteiger partial charge in [0, 0.05) is 32.2 Å². The first-order valence-electron chi connectivity index (χ1n) is 5.19. The Kier molecular flexibility index (Phi) is 4.20. The van der Waals surface area contributed by atoms with Crippen LogP contribution < -0.4 is 0 Å². The SMILES string of the molecule is CC(C)N1CCN(C(=O)[C@@H](C)Cl)CC1. The lowest BCUT2D eigenvalue weighted by atomic mass is 10.2. The lowest BCUT2D eigenvalue weighted by Gasteiger charge is -2.37. The monoisotopic (exact) mass is 218 g/mol. The molecule has 0 aromatic rings. The van der Waals surface area contributed by atoms with Gasteiger partial charge in [0.25, 0.3) is 0 Å². The molecule has 4 heteroatoms. The average Bonchev–Trinajstić information content (AvgIpc) is 2.16. The molecule has 1 rings (SSSR count). The maximum atomic E-state index is 11.5. The Labute approximate surface area is 91.0 Å². The van der Waals surface area contributed by atoms with E-state index in [4.69, 9.17) is 11.6 Å². The fourth-order valence-electron chi connectivity index (χ4n) is 1.71.